The number of rotatable bonds is 4. The molecule has 1 aliphatic heterocycles. The zero-order valence-corrected chi connectivity index (χ0v) is 11.9. The second-order valence-electron chi connectivity index (χ2n) is 5.03. The van der Waals surface area contributed by atoms with Crippen LogP contribution in [0.2, 0.25) is 0 Å². The number of nitrogens with zero attached hydrogens (tertiary/aromatic N) is 2. The normalized spacial score (nSPS) is 18.2. The Kier molecular flexibility index (Phi) is 3.60. The molecular weight excluding hydrogens is 288 g/mol. The first-order valence-corrected chi connectivity index (χ1v) is 6.79. The Morgan fingerprint density at radius 3 is 2.68 bits per heavy atom. The fourth-order valence-electron chi connectivity index (χ4n) is 2.41. The number of anilines is 1. The van der Waals surface area contributed by atoms with Crippen LogP contribution in [0.1, 0.15) is 12.1 Å². The molecule has 0 aliphatic carbocycles. The van der Waals surface area contributed by atoms with Crippen molar-refractivity contribution in [2.75, 3.05) is 4.90 Å². The molecule has 0 bridgehead atoms. The zero-order valence-electron chi connectivity index (χ0n) is 11.9. The Morgan fingerprint density at radius 2 is 2.05 bits per heavy atom. The topological polar surface area (TPSA) is 99.3 Å². The third kappa shape index (κ3) is 2.44. The summed E-state index contributed by atoms with van der Waals surface area (Å²) < 4.78 is 6.05. The van der Waals surface area contributed by atoms with Gasteiger partial charge in [0.2, 0.25) is 5.91 Å². The summed E-state index contributed by atoms with van der Waals surface area (Å²) in [5, 5.41) is 5.33. The second-order valence-corrected chi connectivity index (χ2v) is 5.03. The summed E-state index contributed by atoms with van der Waals surface area (Å²) in [4.78, 5) is 37.1. The van der Waals surface area contributed by atoms with Crippen LogP contribution in [-0.2, 0) is 23.2 Å². The molecule has 0 spiro atoms. The minimum absolute atomic E-state index is 0.0627. The van der Waals surface area contributed by atoms with Gasteiger partial charge in [0.15, 0.2) is 7.05 Å². The van der Waals surface area contributed by atoms with Gasteiger partial charge in [0.25, 0.3) is 5.91 Å². The lowest BCUT2D eigenvalue weighted by Crippen LogP contribution is -2.43. The van der Waals surface area contributed by atoms with E-state index in [9.17, 15) is 14.4 Å². The number of hydrogen-bond acceptors (Lipinski definition) is 5. The summed E-state index contributed by atoms with van der Waals surface area (Å²) in [6.07, 6.45) is 0.0627. The Morgan fingerprint density at radius 1 is 1.32 bits per heavy atom. The van der Waals surface area contributed by atoms with Crippen molar-refractivity contribution < 1.29 is 18.8 Å². The highest BCUT2D eigenvalue weighted by Gasteiger charge is 2.39. The lowest BCUT2D eigenvalue weighted by Gasteiger charge is -2.14. The van der Waals surface area contributed by atoms with E-state index in [4.69, 9.17) is 0 Å². The minimum Gasteiger partial charge on any atom is -0.296 e. The number of amides is 2. The second kappa shape index (κ2) is 5.57. The molecule has 2 N–H and O–H groups in total. The average molecular weight is 303 g/mol. The molecular formula is C14H15N4O4+. The molecule has 8 nitrogen and oxygen atoms in total. The first-order chi connectivity index (χ1) is 10.6. The van der Waals surface area contributed by atoms with Gasteiger partial charge < -0.3 is 0 Å². The fraction of sp³-hybridized carbons (Fsp3) is 0.286. The fourth-order valence-corrected chi connectivity index (χ4v) is 2.41. The van der Waals surface area contributed by atoms with Crippen LogP contribution >= 0.6 is 0 Å². The van der Waals surface area contributed by atoms with E-state index < -0.39 is 11.7 Å². The summed E-state index contributed by atoms with van der Waals surface area (Å²) in [7, 11) is 1.62. The van der Waals surface area contributed by atoms with E-state index in [1.807, 2.05) is 6.07 Å². The lowest BCUT2D eigenvalue weighted by molar-refractivity contribution is -0.746. The number of aromatic nitrogens is 2. The number of benzene rings is 1. The summed E-state index contributed by atoms with van der Waals surface area (Å²) in [5.41, 5.74) is 0.388. The van der Waals surface area contributed by atoms with Crippen LogP contribution in [0.25, 0.3) is 0 Å². The summed E-state index contributed by atoms with van der Waals surface area (Å²) >= 11 is 0. The van der Waals surface area contributed by atoms with Gasteiger partial charge in [0.05, 0.1) is 24.7 Å². The van der Waals surface area contributed by atoms with Crippen molar-refractivity contribution in [3.63, 3.8) is 0 Å². The minimum atomic E-state index is -0.651. The molecule has 2 aromatic rings. The molecule has 1 aromatic heterocycles. The number of carbonyl (C=O) groups is 2. The molecule has 0 saturated carbocycles. The van der Waals surface area contributed by atoms with Crippen molar-refractivity contribution in [1.82, 2.24) is 10.6 Å². The number of hydrogen-bond donors (Lipinski definition) is 2. The quantitative estimate of drug-likeness (QED) is 0.570. The van der Waals surface area contributed by atoms with Crippen LogP contribution in [-0.4, -0.2) is 23.1 Å². The SMILES string of the molecule is C[n+]1[nH]oc(=O)c1CNC1CC(=O)N(c2ccccc2)C1=O. The van der Waals surface area contributed by atoms with Gasteiger partial charge in [-0.05, 0) is 17.4 Å². The smallest absolute Gasteiger partial charge is 0.296 e. The van der Waals surface area contributed by atoms with Crippen LogP contribution in [0, 0.1) is 0 Å². The van der Waals surface area contributed by atoms with Crippen molar-refractivity contribution in [2.45, 2.75) is 19.0 Å². The lowest BCUT2D eigenvalue weighted by atomic mass is 10.2. The Bertz CT molecular complexity index is 765. The Balaban J connectivity index is 1.73. The van der Waals surface area contributed by atoms with Crippen molar-refractivity contribution in [3.8, 4) is 0 Å². The van der Waals surface area contributed by atoms with Crippen LogP contribution in [0.5, 0.6) is 0 Å². The van der Waals surface area contributed by atoms with E-state index in [2.05, 4.69) is 15.1 Å². The van der Waals surface area contributed by atoms with Gasteiger partial charge in [-0.25, -0.2) is 9.69 Å². The van der Waals surface area contributed by atoms with Crippen molar-refractivity contribution >= 4 is 17.5 Å². The monoisotopic (exact) mass is 303 g/mol. The summed E-state index contributed by atoms with van der Waals surface area (Å²) in [5.74, 6) is -0.585. The van der Waals surface area contributed by atoms with E-state index in [1.165, 1.54) is 4.68 Å². The third-order valence-electron chi connectivity index (χ3n) is 3.59. The largest absolute Gasteiger partial charge is 0.431 e. The maximum Gasteiger partial charge on any atom is 0.431 e. The van der Waals surface area contributed by atoms with E-state index in [1.54, 1.807) is 31.3 Å². The van der Waals surface area contributed by atoms with E-state index >= 15 is 0 Å². The van der Waals surface area contributed by atoms with Crippen molar-refractivity contribution in [3.05, 3.63) is 46.4 Å². The van der Waals surface area contributed by atoms with Gasteiger partial charge >= 0.3 is 11.3 Å². The molecule has 2 heterocycles. The number of nitrogens with one attached hydrogen (secondary N) is 2. The van der Waals surface area contributed by atoms with Crippen LogP contribution in [0.15, 0.2) is 39.6 Å². The van der Waals surface area contributed by atoms with Gasteiger partial charge in [0.1, 0.15) is 0 Å². The average Bonchev–Trinajstić information content (AvgIpc) is 2.98. The first kappa shape index (κ1) is 14.2. The van der Waals surface area contributed by atoms with Crippen LogP contribution < -0.4 is 20.5 Å². The van der Waals surface area contributed by atoms with Gasteiger partial charge in [-0.3, -0.25) is 19.4 Å². The number of para-hydroxylation sites is 1. The Hall–Kier alpha value is -2.74. The van der Waals surface area contributed by atoms with E-state index in [0.29, 0.717) is 11.4 Å². The number of aromatic amines is 1. The van der Waals surface area contributed by atoms with Gasteiger partial charge in [0, 0.05) is 0 Å². The molecule has 1 aromatic carbocycles. The van der Waals surface area contributed by atoms with Gasteiger partial charge in [-0.1, -0.05) is 22.9 Å². The highest BCUT2D eigenvalue weighted by molar-refractivity contribution is 6.22. The van der Waals surface area contributed by atoms with Gasteiger partial charge in [-0.2, -0.15) is 0 Å². The number of imide groups is 1. The molecule has 2 amide bonds. The molecule has 3 rings (SSSR count). The molecule has 0 radical (unpaired) electrons. The maximum absolute atomic E-state index is 12.4. The third-order valence-corrected chi connectivity index (χ3v) is 3.59. The highest BCUT2D eigenvalue weighted by atomic mass is 16.5. The predicted molar refractivity (Wildman–Crippen MR) is 74.7 cm³/mol. The number of aryl methyl sites for hydroxylation is 1. The van der Waals surface area contributed by atoms with E-state index in [-0.39, 0.29) is 24.8 Å². The maximum atomic E-state index is 12.4. The van der Waals surface area contributed by atoms with Crippen LogP contribution in [0.4, 0.5) is 5.69 Å². The van der Waals surface area contributed by atoms with Crippen LogP contribution in [0.3, 0.4) is 0 Å². The standard InChI is InChI=1S/C14H14N4O4/c1-17-11(14(21)22-16-17)8-15-10-7-12(19)18(13(10)20)9-5-3-2-4-6-9/h2-6,10,15H,7-8H2,1H3/p+1. The molecule has 1 atom stereocenters. The molecule has 8 heteroatoms. The first-order valence-electron chi connectivity index (χ1n) is 6.79. The highest BCUT2D eigenvalue weighted by Crippen LogP contribution is 2.22. The predicted octanol–water partition coefficient (Wildman–Crippen LogP) is -0.786. The summed E-state index contributed by atoms with van der Waals surface area (Å²) in [6.45, 7) is 0.134. The van der Waals surface area contributed by atoms with E-state index in [0.717, 1.165) is 4.90 Å². The Labute approximate surface area is 125 Å². The number of carbonyl (C=O) groups excluding carboxylic acids is 2. The zero-order chi connectivity index (χ0) is 15.7. The van der Waals surface area contributed by atoms with Crippen molar-refractivity contribution in [2.24, 2.45) is 7.05 Å². The summed E-state index contributed by atoms with van der Waals surface area (Å²) in [6, 6.07) is 8.11. The molecule has 1 fully saturated rings. The van der Waals surface area contributed by atoms with Gasteiger partial charge in [-0.15, -0.1) is 0 Å². The molecule has 1 unspecified atom stereocenters. The molecule has 22 heavy (non-hydrogen) atoms. The molecule has 1 aliphatic rings. The molecule has 1 saturated heterocycles. The molecule has 114 valence electrons. The number of H-pyrrole nitrogens is 1. The van der Waals surface area contributed by atoms with Crippen molar-refractivity contribution in [1.29, 1.82) is 0 Å².